The van der Waals surface area contributed by atoms with Gasteiger partial charge in [0.1, 0.15) is 0 Å². The molecule has 0 radical (unpaired) electrons. The molecule has 0 atom stereocenters. The topological polar surface area (TPSA) is 41.9 Å². The molecule has 4 aliphatic carbocycles. The van der Waals surface area contributed by atoms with E-state index in [0.29, 0.717) is 6.42 Å². The van der Waals surface area contributed by atoms with Gasteiger partial charge in [0, 0.05) is 67.0 Å². The number of rotatable bonds is 16. The summed E-state index contributed by atoms with van der Waals surface area (Å²) in [6, 6.07) is 0. The first kappa shape index (κ1) is 56.9. The zero-order chi connectivity index (χ0) is 32.1. The van der Waals surface area contributed by atoms with Gasteiger partial charge in [0.15, 0.2) is 0 Å². The Bertz CT molecular complexity index is 419. The second kappa shape index (κ2) is 50.9. The molecule has 4 rings (SSSR count). The van der Waals surface area contributed by atoms with E-state index in [9.17, 15) is 0 Å². The summed E-state index contributed by atoms with van der Waals surface area (Å²) in [6.45, 7) is 21.9. The molecule has 0 aromatic heterocycles. The van der Waals surface area contributed by atoms with Gasteiger partial charge in [-0.3, -0.25) is 0 Å². The molecule has 7 heteroatoms. The number of nitrogens with zero attached hydrogens (tertiary/aromatic N) is 1. The largest absolute Gasteiger partial charge is 2.00 e. The fourth-order valence-electron chi connectivity index (χ4n) is 6.24. The molecule has 4 nitrogen and oxygen atoms in total. The van der Waals surface area contributed by atoms with Crippen LogP contribution in [-0.4, -0.2) is 62.7 Å². The first-order valence-electron chi connectivity index (χ1n) is 19.4. The number of ether oxygens (including phenoxy) is 2. The third-order valence-corrected chi connectivity index (χ3v) is 8.83. The van der Waals surface area contributed by atoms with Crippen LogP contribution < -0.4 is 0 Å². The Morgan fingerprint density at radius 3 is 1.07 bits per heavy atom. The Labute approximate surface area is 326 Å². The number of aliphatic hydroxyl groups excluding tert-OH is 1. The van der Waals surface area contributed by atoms with Gasteiger partial charge in [0.25, 0.3) is 0 Å². The van der Waals surface area contributed by atoms with Crippen LogP contribution in [0.5, 0.6) is 0 Å². The average molecular weight is 908 g/mol. The van der Waals surface area contributed by atoms with E-state index in [1.807, 2.05) is 27.7 Å². The van der Waals surface area contributed by atoms with Crippen LogP contribution in [0.2, 0.25) is 0 Å². The van der Waals surface area contributed by atoms with Crippen LogP contribution in [0.3, 0.4) is 0 Å². The predicted octanol–water partition coefficient (Wildman–Crippen LogP) is 11.2. The molecule has 0 unspecified atom stereocenters. The van der Waals surface area contributed by atoms with Crippen molar-refractivity contribution < 1.29 is 69.8 Å². The van der Waals surface area contributed by atoms with Gasteiger partial charge in [-0.25, -0.2) is 0 Å². The van der Waals surface area contributed by atoms with Crippen molar-refractivity contribution in [1.82, 2.24) is 4.90 Å². The maximum atomic E-state index is 7.81. The minimum atomic E-state index is 0. The molecule has 4 fully saturated rings. The Hall–Kier alpha value is 1.57. The average Bonchev–Trinajstić information content (AvgIpc) is 3.91. The molecule has 4 aliphatic rings. The summed E-state index contributed by atoms with van der Waals surface area (Å²) in [5, 5.41) is 7.81. The van der Waals surface area contributed by atoms with Gasteiger partial charge in [0.2, 0.25) is 0 Å². The summed E-state index contributed by atoms with van der Waals surface area (Å²) in [7, 11) is 0. The number of aliphatic hydroxyl groups is 1. The van der Waals surface area contributed by atoms with E-state index in [-0.39, 0.29) is 61.8 Å². The van der Waals surface area contributed by atoms with Crippen LogP contribution >= 0.6 is 0 Å². The van der Waals surface area contributed by atoms with Crippen LogP contribution in [0.1, 0.15) is 175 Å². The normalized spacial score (nSPS) is 16.7. The summed E-state index contributed by atoms with van der Waals surface area (Å²) in [5.74, 6) is 1.98. The Morgan fingerprint density at radius 2 is 0.826 bits per heavy atom. The molecule has 0 saturated heterocycles. The van der Waals surface area contributed by atoms with Gasteiger partial charge >= 0.3 is 21.1 Å². The van der Waals surface area contributed by atoms with Crippen molar-refractivity contribution in [2.45, 2.75) is 175 Å². The van der Waals surface area contributed by atoms with Crippen molar-refractivity contribution in [3.05, 3.63) is 13.8 Å². The summed E-state index contributed by atoms with van der Waals surface area (Å²) in [5.41, 5.74) is 0. The first-order chi connectivity index (χ1) is 21.3. The second-order valence-corrected chi connectivity index (χ2v) is 12.3. The van der Waals surface area contributed by atoms with Crippen molar-refractivity contribution in [1.29, 1.82) is 0 Å². The van der Waals surface area contributed by atoms with E-state index >= 15 is 0 Å². The summed E-state index contributed by atoms with van der Waals surface area (Å²) in [6.07, 6.45) is 32.5. The monoisotopic (exact) mass is 907 g/mol. The molecule has 0 heterocycles. The SMILES string of the molecule is C1CCCC1.C1CCCC1.CC.CC.[CH2-]CCO.[CH2-]CN(CCOCCCC1CCCC1)CCOCCCC1CCCC1.[Fe].[Fe].[W+2]. The van der Waals surface area contributed by atoms with Gasteiger partial charge in [-0.1, -0.05) is 143 Å². The van der Waals surface area contributed by atoms with Gasteiger partial charge in [-0.05, 0) is 37.5 Å². The molecule has 0 aliphatic heterocycles. The number of hydrogen-bond donors (Lipinski definition) is 1. The van der Waals surface area contributed by atoms with E-state index in [0.717, 1.165) is 57.9 Å². The maximum Gasteiger partial charge on any atom is 2.00 e. The van der Waals surface area contributed by atoms with E-state index in [4.69, 9.17) is 14.6 Å². The molecule has 0 bridgehead atoms. The summed E-state index contributed by atoms with van der Waals surface area (Å²) in [4.78, 5) is 2.34. The van der Waals surface area contributed by atoms with Gasteiger partial charge in [-0.15, -0.1) is 6.54 Å². The maximum absolute atomic E-state index is 7.81. The van der Waals surface area contributed by atoms with Crippen molar-refractivity contribution in [3.8, 4) is 0 Å². The van der Waals surface area contributed by atoms with Crippen molar-refractivity contribution in [3.63, 3.8) is 0 Å². The minimum absolute atomic E-state index is 0. The molecule has 0 aromatic carbocycles. The summed E-state index contributed by atoms with van der Waals surface area (Å²) < 4.78 is 11.6. The predicted molar refractivity (Wildman–Crippen MR) is 192 cm³/mol. The molecular weight excluding hydrogens is 826 g/mol. The van der Waals surface area contributed by atoms with Gasteiger partial charge < -0.3 is 33.3 Å². The molecule has 46 heavy (non-hydrogen) atoms. The standard InChI is InChI=1S/C22H42NO2.2C5H10.C3H7O.2C2H6.2Fe.W/c1-2-23(15-19-24-17-7-13-21-9-3-4-10-21)16-20-25-18-8-14-22-11-5-6-12-22;2*1-2-4-5-3-1;1-2-3-4;2*1-2;;;/h21-22H,1-20H2;2*1-5H2;4H,1-3H2;2*1-2H3;;;/q-1;;;-1;;;;;+2. The smallest absolute Gasteiger partial charge is 0.399 e. The molecule has 0 amide bonds. The van der Waals surface area contributed by atoms with Crippen LogP contribution in [0.25, 0.3) is 0 Å². The minimum Gasteiger partial charge on any atom is -0.399 e. The first-order valence-corrected chi connectivity index (χ1v) is 19.4. The van der Waals surface area contributed by atoms with E-state index < -0.39 is 0 Å². The van der Waals surface area contributed by atoms with E-state index in [2.05, 4.69) is 18.7 Å². The Kier molecular flexibility index (Phi) is 63.0. The van der Waals surface area contributed by atoms with Crippen LogP contribution in [-0.2, 0) is 64.7 Å². The molecule has 4 saturated carbocycles. The van der Waals surface area contributed by atoms with Crippen molar-refractivity contribution in [2.75, 3.05) is 52.7 Å². The van der Waals surface area contributed by atoms with E-state index in [1.54, 1.807) is 0 Å². The zero-order valence-electron chi connectivity index (χ0n) is 31.3. The van der Waals surface area contributed by atoms with Gasteiger partial charge in [0.05, 0.1) is 13.2 Å². The summed E-state index contributed by atoms with van der Waals surface area (Å²) >= 11 is 0. The van der Waals surface area contributed by atoms with Crippen molar-refractivity contribution in [2.24, 2.45) is 11.8 Å². The molecule has 0 spiro atoms. The fraction of sp³-hybridized carbons (Fsp3) is 0.949. The van der Waals surface area contributed by atoms with Crippen molar-refractivity contribution >= 4 is 0 Å². The van der Waals surface area contributed by atoms with E-state index in [1.165, 1.54) is 141 Å². The Morgan fingerprint density at radius 1 is 0.543 bits per heavy atom. The quantitative estimate of drug-likeness (QED) is 0.0952. The molecule has 282 valence electrons. The molecule has 0 aromatic rings. The van der Waals surface area contributed by atoms with Crippen LogP contribution in [0.15, 0.2) is 0 Å². The zero-order valence-corrected chi connectivity index (χ0v) is 36.5. The molecule has 1 N–H and O–H groups in total. The Balaban J connectivity index is -0.000000219. The number of hydrogen-bond acceptors (Lipinski definition) is 4. The van der Waals surface area contributed by atoms with Crippen LogP contribution in [0, 0.1) is 25.7 Å². The van der Waals surface area contributed by atoms with Gasteiger partial charge in [-0.2, -0.15) is 6.42 Å². The second-order valence-electron chi connectivity index (χ2n) is 12.3. The molecular formula is C39H81Fe2NO3W. The third-order valence-electron chi connectivity index (χ3n) is 8.83. The van der Waals surface area contributed by atoms with Crippen LogP contribution in [0.4, 0.5) is 0 Å². The fourth-order valence-corrected chi connectivity index (χ4v) is 6.24. The third kappa shape index (κ3) is 41.7.